The molecular weight excluding hydrogens is 354 g/mol. The van der Waals surface area contributed by atoms with E-state index < -0.39 is 11.9 Å². The van der Waals surface area contributed by atoms with E-state index in [1.807, 2.05) is 30.7 Å². The Bertz CT molecular complexity index is 788. The normalized spacial score (nSPS) is 25.2. The minimum Gasteiger partial charge on any atom is -0.368 e. The van der Waals surface area contributed by atoms with Gasteiger partial charge in [-0.2, -0.15) is 0 Å². The van der Waals surface area contributed by atoms with Gasteiger partial charge in [-0.3, -0.25) is 14.7 Å². The molecule has 1 unspecified atom stereocenters. The third-order valence-electron chi connectivity index (χ3n) is 5.76. The number of anilines is 2. The van der Waals surface area contributed by atoms with Crippen LogP contribution in [0.2, 0.25) is 0 Å². The highest BCUT2D eigenvalue weighted by molar-refractivity contribution is 6.04. The van der Waals surface area contributed by atoms with E-state index in [0.717, 1.165) is 43.9 Å². The van der Waals surface area contributed by atoms with Crippen molar-refractivity contribution in [3.05, 3.63) is 30.7 Å². The molecule has 3 heterocycles. The van der Waals surface area contributed by atoms with Gasteiger partial charge in [-0.1, -0.05) is 13.8 Å². The van der Waals surface area contributed by atoms with Gasteiger partial charge in [0.25, 0.3) is 0 Å². The van der Waals surface area contributed by atoms with Crippen LogP contribution in [0.1, 0.15) is 33.1 Å². The van der Waals surface area contributed by atoms with E-state index in [9.17, 15) is 9.59 Å². The van der Waals surface area contributed by atoms with E-state index in [0.29, 0.717) is 18.2 Å². The number of amidine groups is 1. The summed E-state index contributed by atoms with van der Waals surface area (Å²) >= 11 is 0. The zero-order valence-corrected chi connectivity index (χ0v) is 16.5. The Morgan fingerprint density at radius 3 is 2.54 bits per heavy atom. The van der Waals surface area contributed by atoms with Crippen molar-refractivity contribution >= 4 is 29.1 Å². The number of aliphatic imine (C=N–C) groups is 1. The number of carbonyl (C=O) groups excluding carboxylic acids is 2. The van der Waals surface area contributed by atoms with Crippen LogP contribution in [0, 0.1) is 12.3 Å². The second kappa shape index (κ2) is 7.45. The van der Waals surface area contributed by atoms with Crippen LogP contribution < -0.4 is 15.5 Å². The maximum Gasteiger partial charge on any atom is 0.325 e. The molecule has 7 heteroatoms. The molecular formula is C21H28N5O2. The summed E-state index contributed by atoms with van der Waals surface area (Å²) in [6.07, 6.45) is 4.90. The van der Waals surface area contributed by atoms with Crippen LogP contribution in [0.25, 0.3) is 0 Å². The van der Waals surface area contributed by atoms with E-state index in [4.69, 9.17) is 5.73 Å². The van der Waals surface area contributed by atoms with Crippen LogP contribution in [-0.4, -0.2) is 54.4 Å². The summed E-state index contributed by atoms with van der Waals surface area (Å²) in [5.74, 6) is 0.983. The first kappa shape index (κ1) is 18.8. The van der Waals surface area contributed by atoms with Crippen molar-refractivity contribution in [3.8, 4) is 0 Å². The first-order valence-electron chi connectivity index (χ1n) is 10.1. The van der Waals surface area contributed by atoms with Crippen LogP contribution in [0.5, 0.6) is 0 Å². The van der Waals surface area contributed by atoms with Gasteiger partial charge in [0.15, 0.2) is 0 Å². The lowest BCUT2D eigenvalue weighted by molar-refractivity contribution is -0.119. The monoisotopic (exact) mass is 382 g/mol. The van der Waals surface area contributed by atoms with Crippen molar-refractivity contribution in [2.75, 3.05) is 29.4 Å². The second-order valence-corrected chi connectivity index (χ2v) is 7.98. The molecule has 0 saturated carbocycles. The van der Waals surface area contributed by atoms with Crippen LogP contribution in [-0.2, 0) is 4.79 Å². The van der Waals surface area contributed by atoms with Crippen molar-refractivity contribution < 1.29 is 9.59 Å². The predicted molar refractivity (Wildman–Crippen MR) is 110 cm³/mol. The quantitative estimate of drug-likeness (QED) is 0.868. The number of amides is 3. The number of nitrogens with zero attached hydrogens (tertiary/aromatic N) is 4. The van der Waals surface area contributed by atoms with E-state index in [1.165, 1.54) is 0 Å². The molecule has 2 N–H and O–H groups in total. The summed E-state index contributed by atoms with van der Waals surface area (Å²) in [7, 11) is 0. The Labute approximate surface area is 166 Å². The number of hydrogen-bond donors (Lipinski definition) is 1. The summed E-state index contributed by atoms with van der Waals surface area (Å²) < 4.78 is 0. The number of piperidine rings is 1. The molecule has 1 aromatic carbocycles. The van der Waals surface area contributed by atoms with Gasteiger partial charge in [0.2, 0.25) is 5.91 Å². The maximum absolute atomic E-state index is 13.0. The molecule has 3 aliphatic rings. The molecule has 3 amide bonds. The van der Waals surface area contributed by atoms with Crippen molar-refractivity contribution in [1.29, 1.82) is 0 Å². The number of primary amides is 1. The molecule has 2 fully saturated rings. The van der Waals surface area contributed by atoms with Gasteiger partial charge in [-0.15, -0.1) is 0 Å². The number of fused-ring (bicyclic) bond motifs is 1. The van der Waals surface area contributed by atoms with Gasteiger partial charge in [0.1, 0.15) is 11.9 Å². The third kappa shape index (κ3) is 3.12. The summed E-state index contributed by atoms with van der Waals surface area (Å²) in [5, 5.41) is 0. The van der Waals surface area contributed by atoms with Crippen molar-refractivity contribution in [2.24, 2.45) is 16.6 Å². The van der Waals surface area contributed by atoms with Crippen molar-refractivity contribution in [1.82, 2.24) is 4.90 Å². The summed E-state index contributed by atoms with van der Waals surface area (Å²) in [6, 6.07) is 6.81. The third-order valence-corrected chi connectivity index (χ3v) is 5.76. The first-order chi connectivity index (χ1) is 13.5. The van der Waals surface area contributed by atoms with E-state index in [2.05, 4.69) is 23.7 Å². The van der Waals surface area contributed by atoms with E-state index >= 15 is 0 Å². The molecule has 149 valence electrons. The Kier molecular flexibility index (Phi) is 5.00. The minimum absolute atomic E-state index is 0.139. The van der Waals surface area contributed by atoms with Crippen LogP contribution in [0.3, 0.4) is 0 Å². The lowest BCUT2D eigenvalue weighted by Crippen LogP contribution is -2.48. The molecule has 2 atom stereocenters. The average Bonchev–Trinajstić information content (AvgIpc) is 3.01. The summed E-state index contributed by atoms with van der Waals surface area (Å²) in [5.41, 5.74) is 7.46. The van der Waals surface area contributed by atoms with Gasteiger partial charge in [-0.05, 0) is 49.9 Å². The number of rotatable bonds is 4. The molecule has 7 nitrogen and oxygen atoms in total. The van der Waals surface area contributed by atoms with Gasteiger partial charge < -0.3 is 15.5 Å². The van der Waals surface area contributed by atoms with E-state index in [-0.39, 0.29) is 12.1 Å². The fourth-order valence-electron chi connectivity index (χ4n) is 4.50. The second-order valence-electron chi connectivity index (χ2n) is 7.98. The molecule has 4 rings (SSSR count). The minimum atomic E-state index is -0.651. The number of hydrogen-bond acceptors (Lipinski definition) is 4. The molecule has 0 aliphatic carbocycles. The highest BCUT2D eigenvalue weighted by atomic mass is 16.2. The standard InChI is InChI=1S/C21H28N5O2/c1-14(2)20-23-11-5-13-24(20)15-7-9-16(10-8-15)26-18(19(22)27)17-6-3-4-12-25(17)21(26)28/h6-10,14,17-18H,3-5,11-13H2,1-2H3,(H2,22,27)/t17-,18?/m1/s1. The Morgan fingerprint density at radius 1 is 1.14 bits per heavy atom. The topological polar surface area (TPSA) is 82.2 Å². The maximum atomic E-state index is 13.0. The summed E-state index contributed by atoms with van der Waals surface area (Å²) in [4.78, 5) is 35.4. The van der Waals surface area contributed by atoms with E-state index in [1.54, 1.807) is 9.80 Å². The molecule has 1 radical (unpaired) electrons. The molecule has 3 aliphatic heterocycles. The number of urea groups is 1. The first-order valence-corrected chi connectivity index (χ1v) is 10.1. The molecule has 0 bridgehead atoms. The number of nitrogens with two attached hydrogens (primary N) is 1. The fraction of sp³-hybridized carbons (Fsp3) is 0.524. The van der Waals surface area contributed by atoms with Crippen molar-refractivity contribution in [2.45, 2.75) is 45.2 Å². The highest BCUT2D eigenvalue weighted by Gasteiger charge is 2.50. The number of benzene rings is 1. The predicted octanol–water partition coefficient (Wildman–Crippen LogP) is 2.41. The van der Waals surface area contributed by atoms with Gasteiger partial charge >= 0.3 is 6.03 Å². The molecule has 2 saturated heterocycles. The largest absolute Gasteiger partial charge is 0.368 e. The van der Waals surface area contributed by atoms with Crippen LogP contribution in [0.4, 0.5) is 16.2 Å². The molecule has 0 aromatic heterocycles. The van der Waals surface area contributed by atoms with Crippen molar-refractivity contribution in [3.63, 3.8) is 0 Å². The van der Waals surface area contributed by atoms with Gasteiger partial charge in [0.05, 0.1) is 6.04 Å². The SMILES string of the molecule is CC(C)C1=NCCCN1c1ccc(N2C(=O)N3CCC[CH][C@@H]3C2C(N)=O)cc1. The molecule has 1 aromatic rings. The molecule has 0 spiro atoms. The molecule has 28 heavy (non-hydrogen) atoms. The summed E-state index contributed by atoms with van der Waals surface area (Å²) in [6.45, 7) is 6.78. The number of carbonyl (C=O) groups is 2. The van der Waals surface area contributed by atoms with Crippen LogP contribution >= 0.6 is 0 Å². The van der Waals surface area contributed by atoms with Crippen LogP contribution in [0.15, 0.2) is 29.3 Å². The highest BCUT2D eigenvalue weighted by Crippen LogP contribution is 2.35. The van der Waals surface area contributed by atoms with Gasteiger partial charge in [0, 0.05) is 36.9 Å². The zero-order valence-electron chi connectivity index (χ0n) is 16.5. The Hall–Kier alpha value is -2.57. The lowest BCUT2D eigenvalue weighted by atomic mass is 9.97. The fourth-order valence-corrected chi connectivity index (χ4v) is 4.50. The van der Waals surface area contributed by atoms with Gasteiger partial charge in [-0.25, -0.2) is 4.79 Å². The average molecular weight is 382 g/mol. The lowest BCUT2D eigenvalue weighted by Gasteiger charge is -2.32. The zero-order chi connectivity index (χ0) is 19.8. The Balaban J connectivity index is 1.62. The Morgan fingerprint density at radius 2 is 1.86 bits per heavy atom. The smallest absolute Gasteiger partial charge is 0.325 e.